The van der Waals surface area contributed by atoms with Crippen LogP contribution in [0.25, 0.3) is 0 Å². The van der Waals surface area contributed by atoms with Crippen molar-refractivity contribution in [3.05, 3.63) is 65.0 Å². The minimum Gasteiger partial charge on any atom is -0.358 e. The fourth-order valence-corrected chi connectivity index (χ4v) is 5.13. The fraction of sp³-hybridized carbons (Fsp3) is 0.350. The van der Waals surface area contributed by atoms with Crippen molar-refractivity contribution >= 4 is 27.4 Å². The van der Waals surface area contributed by atoms with Crippen LogP contribution in [0.2, 0.25) is 0 Å². The minimum atomic E-state index is -3.51. The second kappa shape index (κ2) is 8.55. The number of rotatable bonds is 4. The van der Waals surface area contributed by atoms with Crippen LogP contribution in [0.5, 0.6) is 0 Å². The van der Waals surface area contributed by atoms with Gasteiger partial charge in [-0.2, -0.15) is 4.31 Å². The van der Waals surface area contributed by atoms with Crippen LogP contribution >= 0.6 is 12.2 Å². The van der Waals surface area contributed by atoms with Gasteiger partial charge in [-0.25, -0.2) is 12.8 Å². The summed E-state index contributed by atoms with van der Waals surface area (Å²) in [6.45, 7) is 6.09. The molecule has 0 unspecified atom stereocenters. The minimum absolute atomic E-state index is 0.271. The molecule has 0 aliphatic carbocycles. The SMILES string of the molecule is Cc1ccc(S(=O)(=O)N2CCN(C(=S)NCc3ccc(F)cc3)CC2)c(C)c1. The third kappa shape index (κ3) is 4.68. The molecule has 0 amide bonds. The van der Waals surface area contributed by atoms with E-state index in [1.165, 1.54) is 16.4 Å². The highest BCUT2D eigenvalue weighted by atomic mass is 32.2. The molecule has 0 aromatic heterocycles. The highest BCUT2D eigenvalue weighted by molar-refractivity contribution is 7.89. The number of nitrogens with one attached hydrogen (secondary N) is 1. The van der Waals surface area contributed by atoms with Crippen molar-refractivity contribution in [2.24, 2.45) is 0 Å². The molecule has 1 saturated heterocycles. The van der Waals surface area contributed by atoms with Gasteiger partial charge in [0, 0.05) is 32.7 Å². The second-order valence-electron chi connectivity index (χ2n) is 6.95. The molecule has 28 heavy (non-hydrogen) atoms. The zero-order valence-corrected chi connectivity index (χ0v) is 17.6. The molecule has 2 aromatic carbocycles. The Kier molecular flexibility index (Phi) is 6.32. The Hall–Kier alpha value is -2.03. The van der Waals surface area contributed by atoms with Gasteiger partial charge in [-0.05, 0) is 55.4 Å². The lowest BCUT2D eigenvalue weighted by Gasteiger charge is -2.35. The van der Waals surface area contributed by atoms with Crippen molar-refractivity contribution in [1.29, 1.82) is 0 Å². The number of hydrogen-bond acceptors (Lipinski definition) is 3. The van der Waals surface area contributed by atoms with Crippen LogP contribution in [0.1, 0.15) is 16.7 Å². The maximum absolute atomic E-state index is 13.0. The maximum atomic E-state index is 13.0. The molecule has 1 aliphatic rings. The highest BCUT2D eigenvalue weighted by Gasteiger charge is 2.30. The van der Waals surface area contributed by atoms with Crippen LogP contribution in [0, 0.1) is 19.7 Å². The Morgan fingerprint density at radius 2 is 1.71 bits per heavy atom. The Labute approximate surface area is 171 Å². The lowest BCUT2D eigenvalue weighted by Crippen LogP contribution is -2.52. The lowest BCUT2D eigenvalue weighted by atomic mass is 10.2. The summed E-state index contributed by atoms with van der Waals surface area (Å²) in [4.78, 5) is 2.33. The molecule has 5 nitrogen and oxygen atoms in total. The van der Waals surface area contributed by atoms with Crippen molar-refractivity contribution < 1.29 is 12.8 Å². The van der Waals surface area contributed by atoms with E-state index >= 15 is 0 Å². The summed E-state index contributed by atoms with van der Waals surface area (Å²) in [7, 11) is -3.51. The van der Waals surface area contributed by atoms with E-state index in [1.54, 1.807) is 18.2 Å². The predicted octanol–water partition coefficient (Wildman–Crippen LogP) is 2.82. The van der Waals surface area contributed by atoms with Crippen LogP contribution in [-0.2, 0) is 16.6 Å². The molecule has 0 atom stereocenters. The molecule has 8 heteroatoms. The number of aryl methyl sites for hydroxylation is 2. The second-order valence-corrected chi connectivity index (χ2v) is 9.24. The first kappa shape index (κ1) is 20.7. The van der Waals surface area contributed by atoms with Crippen molar-refractivity contribution in [3.63, 3.8) is 0 Å². The third-order valence-corrected chi connectivity index (χ3v) is 7.29. The van der Waals surface area contributed by atoms with Crippen molar-refractivity contribution in [2.45, 2.75) is 25.3 Å². The third-order valence-electron chi connectivity index (χ3n) is 4.83. The number of hydrogen-bond donors (Lipinski definition) is 1. The van der Waals surface area contributed by atoms with Crippen LogP contribution in [0.15, 0.2) is 47.4 Å². The molecule has 2 aromatic rings. The molecule has 0 spiro atoms. The number of piperazine rings is 1. The molecule has 0 bridgehead atoms. The molecule has 0 saturated carbocycles. The quantitative estimate of drug-likeness (QED) is 0.770. The average Bonchev–Trinajstić information content (AvgIpc) is 2.67. The molecular weight excluding hydrogens is 397 g/mol. The van der Waals surface area contributed by atoms with Gasteiger partial charge < -0.3 is 10.2 Å². The zero-order valence-electron chi connectivity index (χ0n) is 16.0. The van der Waals surface area contributed by atoms with E-state index in [4.69, 9.17) is 12.2 Å². The first-order chi connectivity index (χ1) is 13.3. The normalized spacial score (nSPS) is 15.5. The van der Waals surface area contributed by atoms with E-state index in [-0.39, 0.29) is 5.82 Å². The van der Waals surface area contributed by atoms with E-state index in [2.05, 4.69) is 5.32 Å². The molecular formula is C20H24FN3O2S2. The Balaban J connectivity index is 1.57. The van der Waals surface area contributed by atoms with E-state index < -0.39 is 10.0 Å². The molecule has 1 N–H and O–H groups in total. The first-order valence-electron chi connectivity index (χ1n) is 9.12. The van der Waals surface area contributed by atoms with E-state index in [1.807, 2.05) is 30.9 Å². The Bertz CT molecular complexity index is 954. The Morgan fingerprint density at radius 1 is 1.07 bits per heavy atom. The van der Waals surface area contributed by atoms with Gasteiger partial charge in [0.05, 0.1) is 4.90 Å². The molecule has 150 valence electrons. The van der Waals surface area contributed by atoms with Crippen molar-refractivity contribution in [1.82, 2.24) is 14.5 Å². The summed E-state index contributed by atoms with van der Waals surface area (Å²) in [6, 6.07) is 11.6. The lowest BCUT2D eigenvalue weighted by molar-refractivity contribution is 0.264. The van der Waals surface area contributed by atoms with Crippen molar-refractivity contribution in [3.8, 4) is 0 Å². The van der Waals surface area contributed by atoms with Gasteiger partial charge in [0.25, 0.3) is 0 Å². The van der Waals surface area contributed by atoms with Gasteiger partial charge in [0.2, 0.25) is 10.0 Å². The predicted molar refractivity (Wildman–Crippen MR) is 112 cm³/mol. The molecule has 3 rings (SSSR count). The van der Waals surface area contributed by atoms with Crippen LogP contribution in [0.3, 0.4) is 0 Å². The van der Waals surface area contributed by atoms with Crippen LogP contribution in [-0.4, -0.2) is 48.9 Å². The van der Waals surface area contributed by atoms with Crippen LogP contribution in [0.4, 0.5) is 4.39 Å². The standard InChI is InChI=1S/C20H24FN3O2S2/c1-15-3-8-19(16(2)13-15)28(25,26)24-11-9-23(10-12-24)20(27)22-14-17-4-6-18(21)7-5-17/h3-8,13H,9-12,14H2,1-2H3,(H,22,27). The number of halogens is 1. The summed E-state index contributed by atoms with van der Waals surface area (Å²) >= 11 is 5.43. The largest absolute Gasteiger partial charge is 0.358 e. The smallest absolute Gasteiger partial charge is 0.243 e. The van der Waals surface area contributed by atoms with Gasteiger partial charge in [-0.3, -0.25) is 0 Å². The molecule has 0 radical (unpaired) electrons. The zero-order chi connectivity index (χ0) is 20.3. The first-order valence-corrected chi connectivity index (χ1v) is 11.0. The van der Waals surface area contributed by atoms with Gasteiger partial charge in [-0.15, -0.1) is 0 Å². The van der Waals surface area contributed by atoms with Gasteiger partial charge in [0.15, 0.2) is 5.11 Å². The van der Waals surface area contributed by atoms with Gasteiger partial charge in [0.1, 0.15) is 5.82 Å². The van der Waals surface area contributed by atoms with Crippen LogP contribution < -0.4 is 5.32 Å². The summed E-state index contributed by atoms with van der Waals surface area (Å²) in [5, 5.41) is 3.73. The summed E-state index contributed by atoms with van der Waals surface area (Å²) in [5.41, 5.74) is 2.73. The van der Waals surface area contributed by atoms with Crippen molar-refractivity contribution in [2.75, 3.05) is 26.2 Å². The maximum Gasteiger partial charge on any atom is 0.243 e. The van der Waals surface area contributed by atoms with Gasteiger partial charge >= 0.3 is 0 Å². The number of nitrogens with zero attached hydrogens (tertiary/aromatic N) is 2. The average molecular weight is 422 g/mol. The highest BCUT2D eigenvalue weighted by Crippen LogP contribution is 2.22. The van der Waals surface area contributed by atoms with E-state index in [9.17, 15) is 12.8 Å². The molecule has 1 aliphatic heterocycles. The summed E-state index contributed by atoms with van der Waals surface area (Å²) in [6.07, 6.45) is 0. The Morgan fingerprint density at radius 3 is 2.32 bits per heavy atom. The number of thiocarbonyl (C=S) groups is 1. The summed E-state index contributed by atoms with van der Waals surface area (Å²) in [5.74, 6) is -0.271. The monoisotopic (exact) mass is 421 g/mol. The van der Waals surface area contributed by atoms with E-state index in [0.29, 0.717) is 42.7 Å². The number of sulfonamides is 1. The van der Waals surface area contributed by atoms with Gasteiger partial charge in [-0.1, -0.05) is 29.8 Å². The fourth-order valence-electron chi connectivity index (χ4n) is 3.25. The number of benzene rings is 2. The summed E-state index contributed by atoms with van der Waals surface area (Å²) < 4.78 is 40.4. The van der Waals surface area contributed by atoms with E-state index in [0.717, 1.165) is 16.7 Å². The topological polar surface area (TPSA) is 52.7 Å². The molecule has 1 heterocycles. The molecule has 1 fully saturated rings.